The smallest absolute Gasteiger partial charge is 0.226 e. The van der Waals surface area contributed by atoms with Crippen LogP contribution in [0.4, 0.5) is 23.5 Å². The van der Waals surface area contributed by atoms with Gasteiger partial charge in [-0.05, 0) is 25.7 Å². The second-order valence-electron chi connectivity index (χ2n) is 11.5. The maximum Gasteiger partial charge on any atom is 0.226 e. The average Bonchev–Trinajstić information content (AvgIpc) is 3.80. The van der Waals surface area contributed by atoms with Crippen molar-refractivity contribution in [2.45, 2.75) is 50.4 Å². The van der Waals surface area contributed by atoms with Crippen LogP contribution in [0.1, 0.15) is 60.6 Å². The molecule has 0 spiro atoms. The highest BCUT2D eigenvalue weighted by molar-refractivity contribution is 5.83. The van der Waals surface area contributed by atoms with Crippen LogP contribution in [-0.2, 0) is 26.9 Å². The van der Waals surface area contributed by atoms with E-state index in [1.165, 1.54) is 0 Å². The summed E-state index contributed by atoms with van der Waals surface area (Å²) in [6.07, 6.45) is 12.9. The van der Waals surface area contributed by atoms with Crippen LogP contribution in [0.3, 0.4) is 0 Å². The van der Waals surface area contributed by atoms with E-state index in [1.54, 1.807) is 12.7 Å². The van der Waals surface area contributed by atoms with Crippen molar-refractivity contribution in [3.63, 3.8) is 0 Å². The molecule has 228 valence electrons. The van der Waals surface area contributed by atoms with Crippen LogP contribution in [0.15, 0.2) is 25.0 Å². The van der Waals surface area contributed by atoms with Crippen LogP contribution in [0, 0.1) is 0 Å². The summed E-state index contributed by atoms with van der Waals surface area (Å²) < 4.78 is 3.85. The van der Waals surface area contributed by atoms with Gasteiger partial charge in [0.15, 0.2) is 22.9 Å². The Morgan fingerprint density at radius 1 is 0.682 bits per heavy atom. The first-order chi connectivity index (χ1) is 21.4. The number of anilines is 4. The number of aromatic nitrogens is 12. The third kappa shape index (κ3) is 5.69. The van der Waals surface area contributed by atoms with E-state index in [4.69, 9.17) is 21.4 Å². The molecule has 0 radical (unpaired) electrons. The normalized spacial score (nSPS) is 17.0. The Kier molecular flexibility index (Phi) is 7.15. The van der Waals surface area contributed by atoms with Gasteiger partial charge in [0, 0.05) is 64.3 Å². The molecule has 6 aromatic heterocycles. The first-order valence-corrected chi connectivity index (χ1v) is 14.9. The van der Waals surface area contributed by atoms with Gasteiger partial charge in [-0.15, -0.1) is 0 Å². The van der Waals surface area contributed by atoms with Crippen LogP contribution in [0.2, 0.25) is 0 Å². The van der Waals surface area contributed by atoms with Crippen molar-refractivity contribution in [2.75, 3.05) is 35.2 Å². The summed E-state index contributed by atoms with van der Waals surface area (Å²) in [6, 6.07) is 0. The van der Waals surface area contributed by atoms with Crippen molar-refractivity contribution < 1.29 is 0 Å². The number of aromatic amines is 2. The molecule has 0 saturated heterocycles. The zero-order valence-electron chi connectivity index (χ0n) is 24.7. The lowest BCUT2D eigenvalue weighted by molar-refractivity contribution is 0.379. The van der Waals surface area contributed by atoms with Gasteiger partial charge in [-0.3, -0.25) is 0 Å². The summed E-state index contributed by atoms with van der Waals surface area (Å²) in [5.41, 5.74) is 17.1. The van der Waals surface area contributed by atoms with Gasteiger partial charge in [0.05, 0.1) is 24.0 Å². The molecule has 6 aromatic rings. The summed E-state index contributed by atoms with van der Waals surface area (Å²) in [6.45, 7) is 1.29. The predicted octanol–water partition coefficient (Wildman–Crippen LogP) is 2.40. The van der Waals surface area contributed by atoms with Gasteiger partial charge in [0.25, 0.3) is 0 Å². The number of aryl methyl sites for hydroxylation is 2. The summed E-state index contributed by atoms with van der Waals surface area (Å²) in [5, 5.41) is 6.48. The van der Waals surface area contributed by atoms with Gasteiger partial charge >= 0.3 is 0 Å². The fourth-order valence-electron chi connectivity index (χ4n) is 5.86. The Bertz CT molecular complexity index is 1770. The second-order valence-corrected chi connectivity index (χ2v) is 11.5. The number of nitrogens with zero attached hydrogens (tertiary/aromatic N) is 10. The molecule has 44 heavy (non-hydrogen) atoms. The number of nitrogens with one attached hydrogen (secondary N) is 4. The minimum Gasteiger partial charge on any atom is -0.382 e. The highest BCUT2D eigenvalue weighted by Crippen LogP contribution is 2.40. The van der Waals surface area contributed by atoms with Gasteiger partial charge in [-0.25, -0.2) is 19.9 Å². The van der Waals surface area contributed by atoms with Gasteiger partial charge in [0.2, 0.25) is 11.9 Å². The minimum atomic E-state index is 0.268. The van der Waals surface area contributed by atoms with Crippen LogP contribution < -0.4 is 22.1 Å². The molecule has 0 amide bonds. The molecule has 16 heteroatoms. The number of fused-ring (bicyclic) bond motifs is 2. The lowest BCUT2D eigenvalue weighted by Crippen LogP contribution is -2.14. The molecule has 16 nitrogen and oxygen atoms in total. The zero-order chi connectivity index (χ0) is 30.2. The standard InChI is InChI=1S/C28H36N16/c1-43-11-17(33-13-43)7-9-31-27-37-21(29)19-25(41-27)39-23(35-19)15-3-5-16(6-4-15)24-36-20-22(30)38-28(42-26(20)40-24)32-10-8-18-12-44(2)14-34-18/h11-16H,3-10H2,1-2H3,(H4,29,31,35,37,39,41)(H4,30,32,36,38,40,42). The molecule has 0 bridgehead atoms. The summed E-state index contributed by atoms with van der Waals surface area (Å²) in [7, 11) is 3.91. The van der Waals surface area contributed by atoms with Gasteiger partial charge < -0.3 is 41.2 Å². The predicted molar refractivity (Wildman–Crippen MR) is 167 cm³/mol. The van der Waals surface area contributed by atoms with Crippen molar-refractivity contribution in [3.05, 3.63) is 48.1 Å². The van der Waals surface area contributed by atoms with E-state index in [-0.39, 0.29) is 11.8 Å². The fourth-order valence-corrected chi connectivity index (χ4v) is 5.86. The van der Waals surface area contributed by atoms with E-state index in [0.717, 1.165) is 61.6 Å². The highest BCUT2D eigenvalue weighted by Gasteiger charge is 2.28. The molecule has 1 aliphatic rings. The van der Waals surface area contributed by atoms with Crippen molar-refractivity contribution >= 4 is 45.9 Å². The molecule has 1 fully saturated rings. The first-order valence-electron chi connectivity index (χ1n) is 14.9. The molecule has 0 atom stereocenters. The van der Waals surface area contributed by atoms with E-state index in [2.05, 4.69) is 50.5 Å². The molecule has 6 heterocycles. The average molecular weight is 597 g/mol. The maximum absolute atomic E-state index is 6.28. The number of hydrogen-bond acceptors (Lipinski definition) is 12. The number of rotatable bonds is 10. The van der Waals surface area contributed by atoms with Gasteiger partial charge in [-0.2, -0.15) is 19.9 Å². The molecule has 0 unspecified atom stereocenters. The van der Waals surface area contributed by atoms with E-state index in [9.17, 15) is 0 Å². The fraction of sp³-hybridized carbons (Fsp3) is 0.429. The molecular weight excluding hydrogens is 560 g/mol. The largest absolute Gasteiger partial charge is 0.382 e. The van der Waals surface area contributed by atoms with Crippen LogP contribution in [-0.4, -0.2) is 72.1 Å². The summed E-state index contributed by atoms with van der Waals surface area (Å²) >= 11 is 0. The van der Waals surface area contributed by atoms with E-state index < -0.39 is 0 Å². The number of hydrogen-bond donors (Lipinski definition) is 6. The van der Waals surface area contributed by atoms with E-state index >= 15 is 0 Å². The van der Waals surface area contributed by atoms with Crippen molar-refractivity contribution in [3.8, 4) is 0 Å². The number of imidazole rings is 4. The van der Waals surface area contributed by atoms with Crippen LogP contribution >= 0.6 is 0 Å². The summed E-state index contributed by atoms with van der Waals surface area (Å²) in [4.78, 5) is 43.2. The maximum atomic E-state index is 6.28. The van der Waals surface area contributed by atoms with Crippen molar-refractivity contribution in [2.24, 2.45) is 14.1 Å². The third-order valence-corrected chi connectivity index (χ3v) is 8.14. The van der Waals surface area contributed by atoms with E-state index in [1.807, 2.05) is 35.6 Å². The van der Waals surface area contributed by atoms with Gasteiger partial charge in [-0.1, -0.05) is 0 Å². The number of nitrogen functional groups attached to an aromatic ring is 2. The lowest BCUT2D eigenvalue weighted by Gasteiger charge is -2.25. The number of nitrogens with two attached hydrogens (primary N) is 2. The Hall–Kier alpha value is -5.28. The molecule has 0 aromatic carbocycles. The Morgan fingerprint density at radius 3 is 1.50 bits per heavy atom. The Balaban J connectivity index is 0.974. The Labute approximate surface area is 252 Å². The quantitative estimate of drug-likeness (QED) is 0.134. The van der Waals surface area contributed by atoms with E-state index in [0.29, 0.717) is 58.9 Å². The zero-order valence-corrected chi connectivity index (χ0v) is 24.7. The SMILES string of the molecule is Cn1cnc(CCNc2nc(N)c3[nH]c(C4CCC(c5nc6nc(NCCc7cn(C)cn7)nc(N)c6[nH]5)CC4)nc3n2)c1. The first kappa shape index (κ1) is 27.5. The summed E-state index contributed by atoms with van der Waals surface area (Å²) in [5.74, 6) is 4.02. The highest BCUT2D eigenvalue weighted by atomic mass is 15.2. The second kappa shape index (κ2) is 11.4. The molecule has 1 aliphatic carbocycles. The minimum absolute atomic E-state index is 0.268. The molecule has 0 aliphatic heterocycles. The van der Waals surface area contributed by atoms with Crippen molar-refractivity contribution in [1.29, 1.82) is 0 Å². The molecule has 7 rings (SSSR count). The monoisotopic (exact) mass is 596 g/mol. The molecular formula is C28H36N16. The number of H-pyrrole nitrogens is 2. The van der Waals surface area contributed by atoms with Crippen molar-refractivity contribution in [1.82, 2.24) is 59.0 Å². The molecule has 1 saturated carbocycles. The van der Waals surface area contributed by atoms with Gasteiger partial charge in [0.1, 0.15) is 22.7 Å². The lowest BCUT2D eigenvalue weighted by atomic mass is 9.81. The topological polar surface area (TPSA) is 221 Å². The van der Waals surface area contributed by atoms with Crippen LogP contribution in [0.5, 0.6) is 0 Å². The molecule has 8 N–H and O–H groups in total. The Morgan fingerprint density at radius 2 is 1.11 bits per heavy atom. The van der Waals surface area contributed by atoms with Crippen LogP contribution in [0.25, 0.3) is 22.3 Å². The third-order valence-electron chi connectivity index (χ3n) is 8.14.